The number of primary sulfonamides is 1. The van der Waals surface area contributed by atoms with Crippen LogP contribution in [0.2, 0.25) is 0 Å². The second-order valence-corrected chi connectivity index (χ2v) is 7.73. The van der Waals surface area contributed by atoms with E-state index in [9.17, 15) is 18.3 Å². The predicted octanol–water partition coefficient (Wildman–Crippen LogP) is 1.02. The molecule has 8 heteroatoms. The summed E-state index contributed by atoms with van der Waals surface area (Å²) >= 11 is 0. The molecular formula is C18H20N2O5S. The van der Waals surface area contributed by atoms with Crippen LogP contribution in [0.4, 0.5) is 0 Å². The summed E-state index contributed by atoms with van der Waals surface area (Å²) in [4.78, 5) is 12.1. The van der Waals surface area contributed by atoms with Gasteiger partial charge in [-0.3, -0.25) is 4.79 Å². The molecule has 0 saturated heterocycles. The Morgan fingerprint density at radius 3 is 2.46 bits per heavy atom. The van der Waals surface area contributed by atoms with E-state index in [0.717, 1.165) is 5.56 Å². The van der Waals surface area contributed by atoms with E-state index < -0.39 is 15.6 Å². The van der Waals surface area contributed by atoms with E-state index in [2.05, 4.69) is 17.2 Å². The van der Waals surface area contributed by atoms with Crippen molar-refractivity contribution in [3.8, 4) is 11.8 Å². The number of hydrogen-bond donors (Lipinski definition) is 3. The molecule has 7 nitrogen and oxygen atoms in total. The number of nitrogens with one attached hydrogen (secondary N) is 1. The van der Waals surface area contributed by atoms with Gasteiger partial charge >= 0.3 is 0 Å². The maximum Gasteiger partial charge on any atom is 0.287 e. The van der Waals surface area contributed by atoms with Crippen molar-refractivity contribution in [3.05, 3.63) is 53.5 Å². The molecule has 0 aliphatic heterocycles. The number of hydrogen-bond acceptors (Lipinski definition) is 5. The molecule has 2 aromatic rings. The zero-order valence-corrected chi connectivity index (χ0v) is 15.3. The normalized spacial score (nSPS) is 11.5. The zero-order valence-electron chi connectivity index (χ0n) is 14.4. The van der Waals surface area contributed by atoms with Crippen LogP contribution >= 0.6 is 0 Å². The molecule has 0 aliphatic rings. The van der Waals surface area contributed by atoms with Crippen LogP contribution in [0.25, 0.3) is 0 Å². The van der Waals surface area contributed by atoms with Gasteiger partial charge in [-0.25, -0.2) is 13.6 Å². The highest BCUT2D eigenvalue weighted by atomic mass is 32.2. The maximum atomic E-state index is 12.0. The van der Waals surface area contributed by atoms with Crippen molar-refractivity contribution in [2.24, 2.45) is 5.14 Å². The molecule has 26 heavy (non-hydrogen) atoms. The smallest absolute Gasteiger partial charge is 0.287 e. The number of amides is 1. The molecule has 138 valence electrons. The van der Waals surface area contributed by atoms with Gasteiger partial charge in [-0.05, 0) is 56.0 Å². The average molecular weight is 376 g/mol. The lowest BCUT2D eigenvalue weighted by Crippen LogP contribution is -2.25. The van der Waals surface area contributed by atoms with E-state index in [-0.39, 0.29) is 22.3 Å². The quantitative estimate of drug-likeness (QED) is 0.673. The third-order valence-electron chi connectivity index (χ3n) is 3.27. The Morgan fingerprint density at radius 2 is 1.88 bits per heavy atom. The Hall–Kier alpha value is -2.60. The number of carbonyl (C=O) groups is 1. The molecule has 0 bridgehead atoms. The summed E-state index contributed by atoms with van der Waals surface area (Å²) in [5.74, 6) is 5.27. The number of benzene rings is 1. The van der Waals surface area contributed by atoms with Crippen LogP contribution in [0.3, 0.4) is 0 Å². The monoisotopic (exact) mass is 376 g/mol. The highest BCUT2D eigenvalue weighted by molar-refractivity contribution is 7.89. The Morgan fingerprint density at radius 1 is 1.23 bits per heavy atom. The van der Waals surface area contributed by atoms with Gasteiger partial charge in [-0.2, -0.15) is 0 Å². The summed E-state index contributed by atoms with van der Waals surface area (Å²) in [7, 11) is -3.71. The van der Waals surface area contributed by atoms with Crippen molar-refractivity contribution in [2.75, 3.05) is 6.54 Å². The van der Waals surface area contributed by atoms with Gasteiger partial charge in [0.1, 0.15) is 5.60 Å². The lowest BCUT2D eigenvalue weighted by molar-refractivity contribution is 0.0926. The predicted molar refractivity (Wildman–Crippen MR) is 95.7 cm³/mol. The fourth-order valence-corrected chi connectivity index (χ4v) is 2.51. The van der Waals surface area contributed by atoms with E-state index in [1.165, 1.54) is 18.2 Å². The Balaban J connectivity index is 1.89. The Kier molecular flexibility index (Phi) is 5.87. The number of furan rings is 1. The van der Waals surface area contributed by atoms with Crippen molar-refractivity contribution >= 4 is 15.9 Å². The van der Waals surface area contributed by atoms with Gasteiger partial charge in [-0.15, -0.1) is 0 Å². The number of nitrogens with two attached hydrogens (primary N) is 1. The third kappa shape index (κ3) is 6.04. The maximum absolute atomic E-state index is 12.0. The van der Waals surface area contributed by atoms with Gasteiger partial charge in [0.15, 0.2) is 11.5 Å². The van der Waals surface area contributed by atoms with E-state index in [4.69, 9.17) is 9.56 Å². The standard InChI is InChI=1S/C18H20N2O5S/c1-18(2,22)11-9-14-5-8-16(25-14)17(21)20-12-10-13-3-6-15(7-4-13)26(19,23)24/h3-8,22H,10,12H2,1-2H3,(H,20,21)(H2,19,23,24). The van der Waals surface area contributed by atoms with Crippen molar-refractivity contribution in [1.29, 1.82) is 0 Å². The molecular weight excluding hydrogens is 356 g/mol. The molecule has 1 heterocycles. The summed E-state index contributed by atoms with van der Waals surface area (Å²) in [6, 6.07) is 9.19. The van der Waals surface area contributed by atoms with Crippen LogP contribution in [-0.4, -0.2) is 31.6 Å². The topological polar surface area (TPSA) is 123 Å². The molecule has 0 aliphatic carbocycles. The number of carbonyl (C=O) groups excluding carboxylic acids is 1. The molecule has 0 spiro atoms. The van der Waals surface area contributed by atoms with E-state index in [1.807, 2.05) is 0 Å². The van der Waals surface area contributed by atoms with Gasteiger partial charge in [0.2, 0.25) is 10.0 Å². The first kappa shape index (κ1) is 19.7. The molecule has 0 radical (unpaired) electrons. The highest BCUT2D eigenvalue weighted by Gasteiger charge is 2.11. The summed E-state index contributed by atoms with van der Waals surface area (Å²) in [6.07, 6.45) is 0.517. The second kappa shape index (κ2) is 7.74. The Labute approximate surface area is 152 Å². The molecule has 0 unspecified atom stereocenters. The van der Waals surface area contributed by atoms with E-state index >= 15 is 0 Å². The van der Waals surface area contributed by atoms with Gasteiger partial charge in [-0.1, -0.05) is 18.1 Å². The van der Waals surface area contributed by atoms with Gasteiger partial charge < -0.3 is 14.8 Å². The molecule has 0 fully saturated rings. The molecule has 1 aromatic heterocycles. The Bertz CT molecular complexity index is 942. The van der Waals surface area contributed by atoms with Crippen LogP contribution in [0.1, 0.15) is 35.7 Å². The fourth-order valence-electron chi connectivity index (χ4n) is 1.99. The SMILES string of the molecule is CC(C)(O)C#Cc1ccc(C(=O)NCCc2ccc(S(N)(=O)=O)cc2)o1. The van der Waals surface area contributed by atoms with Crippen molar-refractivity contribution in [1.82, 2.24) is 5.32 Å². The van der Waals surface area contributed by atoms with E-state index in [1.54, 1.807) is 32.0 Å². The first-order chi connectivity index (χ1) is 12.0. The zero-order chi connectivity index (χ0) is 19.4. The molecule has 0 atom stereocenters. The highest BCUT2D eigenvalue weighted by Crippen LogP contribution is 2.10. The minimum absolute atomic E-state index is 0.0422. The van der Waals surface area contributed by atoms with Crippen LogP contribution in [0, 0.1) is 11.8 Å². The lowest BCUT2D eigenvalue weighted by atomic mass is 10.1. The first-order valence-corrected chi connectivity index (χ1v) is 9.34. The minimum Gasteiger partial charge on any atom is -0.443 e. The summed E-state index contributed by atoms with van der Waals surface area (Å²) in [6.45, 7) is 3.44. The summed E-state index contributed by atoms with van der Waals surface area (Å²) < 4.78 is 27.7. The molecule has 1 amide bonds. The fraction of sp³-hybridized carbons (Fsp3) is 0.278. The van der Waals surface area contributed by atoms with Gasteiger partial charge in [0.05, 0.1) is 4.90 Å². The van der Waals surface area contributed by atoms with Crippen molar-refractivity contribution in [3.63, 3.8) is 0 Å². The molecule has 4 N–H and O–H groups in total. The van der Waals surface area contributed by atoms with E-state index in [0.29, 0.717) is 13.0 Å². The third-order valence-corrected chi connectivity index (χ3v) is 4.20. The summed E-state index contributed by atoms with van der Waals surface area (Å²) in [5.41, 5.74) is -0.289. The number of sulfonamides is 1. The second-order valence-electron chi connectivity index (χ2n) is 6.17. The molecule has 2 rings (SSSR count). The number of aliphatic hydroxyl groups is 1. The average Bonchev–Trinajstić information content (AvgIpc) is 3.01. The molecule has 0 saturated carbocycles. The van der Waals surface area contributed by atoms with Gasteiger partial charge in [0.25, 0.3) is 5.91 Å². The summed E-state index contributed by atoms with van der Waals surface area (Å²) in [5, 5.41) is 17.3. The first-order valence-electron chi connectivity index (χ1n) is 7.80. The van der Waals surface area contributed by atoms with Crippen molar-refractivity contribution < 1.29 is 22.7 Å². The lowest BCUT2D eigenvalue weighted by Gasteiger charge is -2.05. The van der Waals surface area contributed by atoms with Crippen LogP contribution in [-0.2, 0) is 16.4 Å². The largest absolute Gasteiger partial charge is 0.443 e. The van der Waals surface area contributed by atoms with Crippen LogP contribution < -0.4 is 10.5 Å². The molecule has 1 aromatic carbocycles. The van der Waals surface area contributed by atoms with Crippen LogP contribution in [0.15, 0.2) is 45.7 Å². The van der Waals surface area contributed by atoms with Crippen molar-refractivity contribution in [2.45, 2.75) is 30.8 Å². The van der Waals surface area contributed by atoms with Gasteiger partial charge in [0, 0.05) is 6.54 Å². The van der Waals surface area contributed by atoms with Crippen LogP contribution in [0.5, 0.6) is 0 Å². The number of rotatable bonds is 5. The minimum atomic E-state index is -3.71.